The highest BCUT2D eigenvalue weighted by molar-refractivity contribution is 7.89. The quantitative estimate of drug-likeness (QED) is 0.530. The number of fused-ring (bicyclic) bond motifs is 1. The summed E-state index contributed by atoms with van der Waals surface area (Å²) in [5.74, 6) is -0.914. The normalized spacial score (nSPS) is 13.4. The summed E-state index contributed by atoms with van der Waals surface area (Å²) in [6.45, 7) is 4.08. The molecule has 174 valence electrons. The molecule has 33 heavy (non-hydrogen) atoms. The lowest BCUT2D eigenvalue weighted by molar-refractivity contribution is 0.102. The fourth-order valence-electron chi connectivity index (χ4n) is 4.11. The van der Waals surface area contributed by atoms with Crippen molar-refractivity contribution in [3.63, 3.8) is 0 Å². The van der Waals surface area contributed by atoms with Gasteiger partial charge in [-0.15, -0.1) is 0 Å². The van der Waals surface area contributed by atoms with Crippen LogP contribution in [0.5, 0.6) is 0 Å². The number of sulfonamides is 1. The lowest BCUT2D eigenvalue weighted by atomic mass is 10.2. The van der Waals surface area contributed by atoms with Crippen LogP contribution in [0.1, 0.15) is 42.0 Å². The van der Waals surface area contributed by atoms with Gasteiger partial charge in [-0.2, -0.15) is 9.40 Å². The molecule has 0 aliphatic heterocycles. The minimum Gasteiger partial charge on any atom is -0.321 e. The van der Waals surface area contributed by atoms with E-state index in [-0.39, 0.29) is 27.0 Å². The molecule has 3 aromatic rings. The van der Waals surface area contributed by atoms with Gasteiger partial charge in [-0.3, -0.25) is 4.79 Å². The van der Waals surface area contributed by atoms with Crippen molar-refractivity contribution in [1.82, 2.24) is 14.1 Å². The van der Waals surface area contributed by atoms with Crippen molar-refractivity contribution in [2.24, 2.45) is 0 Å². The van der Waals surface area contributed by atoms with E-state index < -0.39 is 21.7 Å². The molecule has 0 saturated carbocycles. The second-order valence-electron chi connectivity index (χ2n) is 7.68. The van der Waals surface area contributed by atoms with Crippen LogP contribution in [-0.2, 0) is 22.9 Å². The molecule has 0 radical (unpaired) electrons. The van der Waals surface area contributed by atoms with Crippen LogP contribution in [0.15, 0.2) is 47.4 Å². The van der Waals surface area contributed by atoms with Crippen LogP contribution in [0.4, 0.5) is 10.1 Å². The number of nitrogens with one attached hydrogen (secondary N) is 1. The predicted molar refractivity (Wildman–Crippen MR) is 125 cm³/mol. The number of benzene rings is 2. The molecule has 7 nitrogen and oxygen atoms in total. The Bertz CT molecular complexity index is 1320. The number of halogens is 2. The second-order valence-corrected chi connectivity index (χ2v) is 9.99. The van der Waals surface area contributed by atoms with Crippen molar-refractivity contribution in [2.75, 3.05) is 18.4 Å². The van der Waals surface area contributed by atoms with Crippen LogP contribution in [-0.4, -0.2) is 41.5 Å². The van der Waals surface area contributed by atoms with Crippen LogP contribution >= 0.6 is 11.6 Å². The Morgan fingerprint density at radius 1 is 1.18 bits per heavy atom. The Balaban J connectivity index is 1.68. The minimum absolute atomic E-state index is 0.0737. The highest BCUT2D eigenvalue weighted by atomic mass is 35.5. The topological polar surface area (TPSA) is 84.3 Å². The number of carbonyl (C=O) groups is 1. The fourth-order valence-corrected chi connectivity index (χ4v) is 6.07. The zero-order valence-electron chi connectivity index (χ0n) is 18.3. The summed E-state index contributed by atoms with van der Waals surface area (Å²) >= 11 is 6.19. The Labute approximate surface area is 197 Å². The molecule has 1 amide bonds. The number of para-hydroxylation sites is 1. The SMILES string of the molecule is CCN(CC)S(=O)(=O)c1cc(NC(=O)c2nn(-c3ccccc3F)c3c2CCC3)ccc1Cl. The van der Waals surface area contributed by atoms with E-state index in [9.17, 15) is 17.6 Å². The molecule has 1 heterocycles. The zero-order valence-corrected chi connectivity index (χ0v) is 19.9. The summed E-state index contributed by atoms with van der Waals surface area (Å²) in [5.41, 5.74) is 2.36. The summed E-state index contributed by atoms with van der Waals surface area (Å²) in [6.07, 6.45) is 2.20. The number of anilines is 1. The van der Waals surface area contributed by atoms with Crippen LogP contribution in [0.25, 0.3) is 5.69 Å². The van der Waals surface area contributed by atoms with Gasteiger partial charge in [0, 0.05) is 30.0 Å². The first-order valence-corrected chi connectivity index (χ1v) is 12.6. The van der Waals surface area contributed by atoms with Gasteiger partial charge in [-0.25, -0.2) is 17.5 Å². The third-order valence-corrected chi connectivity index (χ3v) is 8.27. The van der Waals surface area contributed by atoms with Crippen LogP contribution < -0.4 is 5.32 Å². The monoisotopic (exact) mass is 490 g/mol. The van der Waals surface area contributed by atoms with Crippen molar-refractivity contribution in [1.29, 1.82) is 0 Å². The van der Waals surface area contributed by atoms with Gasteiger partial charge in [0.15, 0.2) is 5.69 Å². The third-order valence-electron chi connectivity index (χ3n) is 5.74. The van der Waals surface area contributed by atoms with Crippen LogP contribution in [0, 0.1) is 5.82 Å². The standard InChI is InChI=1S/C23H24ClFN4O3S/c1-3-28(4-2)33(31,32)21-14-15(12-13-17(21)24)26-23(30)22-16-8-7-11-19(16)29(27-22)20-10-6-5-9-18(20)25/h5-6,9-10,12-14H,3-4,7-8,11H2,1-2H3,(H,26,30). The maximum atomic E-state index is 14.4. The van der Waals surface area contributed by atoms with Gasteiger partial charge in [0.05, 0.1) is 5.02 Å². The molecule has 1 aliphatic carbocycles. The van der Waals surface area contributed by atoms with Gasteiger partial charge < -0.3 is 5.32 Å². The highest BCUT2D eigenvalue weighted by Gasteiger charge is 2.29. The molecule has 10 heteroatoms. The Morgan fingerprint density at radius 3 is 2.61 bits per heavy atom. The van der Waals surface area contributed by atoms with Gasteiger partial charge in [0.25, 0.3) is 5.91 Å². The lowest BCUT2D eigenvalue weighted by Crippen LogP contribution is -2.30. The second kappa shape index (κ2) is 9.24. The number of aromatic nitrogens is 2. The van der Waals surface area contributed by atoms with Gasteiger partial charge in [0.1, 0.15) is 16.4 Å². The fraction of sp³-hybridized carbons (Fsp3) is 0.304. The average Bonchev–Trinajstić information content (AvgIpc) is 3.39. The maximum Gasteiger partial charge on any atom is 0.276 e. The first kappa shape index (κ1) is 23.4. The molecule has 1 aliphatic rings. The zero-order chi connectivity index (χ0) is 23.8. The first-order chi connectivity index (χ1) is 15.8. The number of hydrogen-bond acceptors (Lipinski definition) is 4. The molecule has 0 bridgehead atoms. The molecule has 1 N–H and O–H groups in total. The minimum atomic E-state index is -3.81. The summed E-state index contributed by atoms with van der Waals surface area (Å²) in [4.78, 5) is 13.0. The Morgan fingerprint density at radius 2 is 1.91 bits per heavy atom. The van der Waals surface area contributed by atoms with Gasteiger partial charge in [0.2, 0.25) is 10.0 Å². The van der Waals surface area contributed by atoms with Gasteiger partial charge in [-0.05, 0) is 49.6 Å². The highest BCUT2D eigenvalue weighted by Crippen LogP contribution is 2.31. The molecule has 0 atom stereocenters. The molecule has 0 fully saturated rings. The average molecular weight is 491 g/mol. The lowest BCUT2D eigenvalue weighted by Gasteiger charge is -2.19. The molecule has 4 rings (SSSR count). The molecule has 0 spiro atoms. The summed E-state index contributed by atoms with van der Waals surface area (Å²) < 4.78 is 43.1. The van der Waals surface area contributed by atoms with E-state index in [0.717, 1.165) is 17.7 Å². The molecular weight excluding hydrogens is 467 g/mol. The number of hydrogen-bond donors (Lipinski definition) is 1. The Hall–Kier alpha value is -2.75. The Kier molecular flexibility index (Phi) is 6.56. The van der Waals surface area contributed by atoms with Crippen molar-refractivity contribution < 1.29 is 17.6 Å². The van der Waals surface area contributed by atoms with Crippen LogP contribution in [0.2, 0.25) is 5.02 Å². The molecule has 0 saturated heterocycles. The number of amides is 1. The molecule has 2 aromatic carbocycles. The first-order valence-electron chi connectivity index (χ1n) is 10.7. The number of carbonyl (C=O) groups excluding carboxylic acids is 1. The van der Waals surface area contributed by atoms with Crippen molar-refractivity contribution in [3.8, 4) is 5.69 Å². The van der Waals surface area contributed by atoms with E-state index in [1.807, 2.05) is 0 Å². The molecule has 0 unspecified atom stereocenters. The summed E-state index contributed by atoms with van der Waals surface area (Å²) in [7, 11) is -3.81. The maximum absolute atomic E-state index is 14.4. The predicted octanol–water partition coefficient (Wildman–Crippen LogP) is 4.44. The summed E-state index contributed by atoms with van der Waals surface area (Å²) in [5, 5.41) is 7.22. The van der Waals surface area contributed by atoms with E-state index in [1.165, 1.54) is 33.3 Å². The smallest absolute Gasteiger partial charge is 0.276 e. The third kappa shape index (κ3) is 4.28. The van der Waals surface area contributed by atoms with Crippen molar-refractivity contribution >= 4 is 33.2 Å². The van der Waals surface area contributed by atoms with E-state index in [4.69, 9.17) is 11.6 Å². The van der Waals surface area contributed by atoms with Crippen molar-refractivity contribution in [2.45, 2.75) is 38.0 Å². The number of nitrogens with zero attached hydrogens (tertiary/aromatic N) is 3. The number of rotatable bonds is 7. The van der Waals surface area contributed by atoms with Gasteiger partial charge in [-0.1, -0.05) is 37.6 Å². The van der Waals surface area contributed by atoms with E-state index in [0.29, 0.717) is 25.9 Å². The van der Waals surface area contributed by atoms with Gasteiger partial charge >= 0.3 is 0 Å². The van der Waals surface area contributed by atoms with E-state index in [2.05, 4.69) is 10.4 Å². The van der Waals surface area contributed by atoms with Crippen LogP contribution in [0.3, 0.4) is 0 Å². The van der Waals surface area contributed by atoms with E-state index in [1.54, 1.807) is 32.0 Å². The largest absolute Gasteiger partial charge is 0.321 e. The van der Waals surface area contributed by atoms with E-state index >= 15 is 0 Å². The molecular formula is C23H24ClFN4O3S. The summed E-state index contributed by atoms with van der Waals surface area (Å²) in [6, 6.07) is 10.6. The van der Waals surface area contributed by atoms with Crippen molar-refractivity contribution in [3.05, 3.63) is 70.3 Å². The molecule has 1 aromatic heterocycles.